The van der Waals surface area contributed by atoms with Crippen LogP contribution >= 0.6 is 0 Å². The smallest absolute Gasteiger partial charge is 0.324 e. The summed E-state index contributed by atoms with van der Waals surface area (Å²) in [6, 6.07) is 3.42. The van der Waals surface area contributed by atoms with Gasteiger partial charge in [0.05, 0.1) is 0 Å². The first kappa shape index (κ1) is 13.0. The summed E-state index contributed by atoms with van der Waals surface area (Å²) >= 11 is 0. The molecule has 0 radical (unpaired) electrons. The van der Waals surface area contributed by atoms with E-state index in [1.165, 1.54) is 12.1 Å². The summed E-state index contributed by atoms with van der Waals surface area (Å²) in [6.45, 7) is 1.70. The molecule has 16 heavy (non-hydrogen) atoms. The Morgan fingerprint density at radius 2 is 1.94 bits per heavy atom. The summed E-state index contributed by atoms with van der Waals surface area (Å²) in [5, 5.41) is 0. The zero-order valence-corrected chi connectivity index (χ0v) is 8.81. The van der Waals surface area contributed by atoms with Gasteiger partial charge in [0.2, 0.25) is 0 Å². The number of rotatable bonds is 3. The van der Waals surface area contributed by atoms with Gasteiger partial charge in [0.1, 0.15) is 5.82 Å². The minimum atomic E-state index is -4.25. The first-order valence-corrected chi connectivity index (χ1v) is 4.88. The van der Waals surface area contributed by atoms with Crippen molar-refractivity contribution in [2.45, 2.75) is 32.0 Å². The number of benzene rings is 1. The van der Waals surface area contributed by atoms with Crippen LogP contribution in [-0.2, 0) is 0 Å². The molecule has 0 aliphatic carbocycles. The molecule has 0 aromatic heterocycles. The first-order valence-electron chi connectivity index (χ1n) is 4.88. The van der Waals surface area contributed by atoms with E-state index < -0.39 is 24.5 Å². The van der Waals surface area contributed by atoms with Crippen molar-refractivity contribution in [1.82, 2.24) is 0 Å². The zero-order valence-electron chi connectivity index (χ0n) is 8.81. The van der Waals surface area contributed by atoms with E-state index in [-0.39, 0.29) is 12.0 Å². The van der Waals surface area contributed by atoms with E-state index in [1.807, 2.05) is 0 Å². The standard InChI is InChI=1S/C11H13F4N/c1-7-2-3-8(9(12)6-7)10(16)4-5-11(13,14)15/h2-3,6,10H,4-5,16H2,1H3. The molecule has 1 aromatic carbocycles. The molecule has 0 aliphatic rings. The van der Waals surface area contributed by atoms with Gasteiger partial charge in [0.15, 0.2) is 0 Å². The van der Waals surface area contributed by atoms with Crippen molar-refractivity contribution >= 4 is 0 Å². The van der Waals surface area contributed by atoms with Crippen molar-refractivity contribution in [3.8, 4) is 0 Å². The van der Waals surface area contributed by atoms with Crippen LogP contribution < -0.4 is 5.73 Å². The molecule has 0 saturated carbocycles. The second kappa shape index (κ2) is 4.82. The number of hydrogen-bond donors (Lipinski definition) is 1. The SMILES string of the molecule is Cc1ccc(C(N)CCC(F)(F)F)c(F)c1. The van der Waals surface area contributed by atoms with Gasteiger partial charge in [-0.1, -0.05) is 12.1 Å². The molecule has 90 valence electrons. The number of aryl methyl sites for hydroxylation is 1. The van der Waals surface area contributed by atoms with Gasteiger partial charge >= 0.3 is 6.18 Å². The van der Waals surface area contributed by atoms with E-state index in [4.69, 9.17) is 5.73 Å². The van der Waals surface area contributed by atoms with Crippen LogP contribution in [0.2, 0.25) is 0 Å². The fourth-order valence-corrected chi connectivity index (χ4v) is 1.41. The monoisotopic (exact) mass is 235 g/mol. The molecular weight excluding hydrogens is 222 g/mol. The molecule has 0 heterocycles. The fourth-order valence-electron chi connectivity index (χ4n) is 1.41. The lowest BCUT2D eigenvalue weighted by atomic mass is 10.0. The molecule has 0 spiro atoms. The summed E-state index contributed by atoms with van der Waals surface area (Å²) in [7, 11) is 0. The van der Waals surface area contributed by atoms with Crippen molar-refractivity contribution in [3.05, 3.63) is 35.1 Å². The Labute approximate surface area is 91.3 Å². The topological polar surface area (TPSA) is 26.0 Å². The Balaban J connectivity index is 2.70. The zero-order chi connectivity index (χ0) is 12.3. The highest BCUT2D eigenvalue weighted by Crippen LogP contribution is 2.27. The summed E-state index contributed by atoms with van der Waals surface area (Å²) in [5.74, 6) is -0.547. The van der Waals surface area contributed by atoms with Gasteiger partial charge < -0.3 is 5.73 Å². The van der Waals surface area contributed by atoms with Crippen molar-refractivity contribution in [2.24, 2.45) is 5.73 Å². The third kappa shape index (κ3) is 3.81. The lowest BCUT2D eigenvalue weighted by molar-refractivity contribution is -0.136. The molecule has 0 saturated heterocycles. The quantitative estimate of drug-likeness (QED) is 0.797. The molecule has 0 fully saturated rings. The van der Waals surface area contributed by atoms with Crippen LogP contribution in [0.1, 0.15) is 30.0 Å². The minimum Gasteiger partial charge on any atom is -0.324 e. The Hall–Kier alpha value is -1.10. The van der Waals surface area contributed by atoms with Crippen LogP contribution in [0.3, 0.4) is 0 Å². The van der Waals surface area contributed by atoms with E-state index in [9.17, 15) is 17.6 Å². The van der Waals surface area contributed by atoms with Crippen LogP contribution in [0.4, 0.5) is 17.6 Å². The molecule has 1 rings (SSSR count). The third-order valence-corrected chi connectivity index (χ3v) is 2.29. The minimum absolute atomic E-state index is 0.134. The maximum Gasteiger partial charge on any atom is 0.389 e. The van der Waals surface area contributed by atoms with E-state index in [0.717, 1.165) is 0 Å². The summed E-state index contributed by atoms with van der Waals surface area (Å²) in [6.07, 6.45) is -5.55. The van der Waals surface area contributed by atoms with Gasteiger partial charge in [-0.3, -0.25) is 0 Å². The predicted octanol–water partition coefficient (Wildman–Crippen LogP) is 3.48. The molecule has 1 unspecified atom stereocenters. The number of alkyl halides is 3. The number of nitrogens with two attached hydrogens (primary N) is 1. The van der Waals surface area contributed by atoms with Gasteiger partial charge in [-0.25, -0.2) is 4.39 Å². The Morgan fingerprint density at radius 3 is 2.44 bits per heavy atom. The van der Waals surface area contributed by atoms with Crippen LogP contribution in [0.15, 0.2) is 18.2 Å². The van der Waals surface area contributed by atoms with E-state index in [1.54, 1.807) is 13.0 Å². The van der Waals surface area contributed by atoms with E-state index >= 15 is 0 Å². The average molecular weight is 235 g/mol. The van der Waals surface area contributed by atoms with Crippen LogP contribution in [0.25, 0.3) is 0 Å². The fraction of sp³-hybridized carbons (Fsp3) is 0.455. The summed E-state index contributed by atoms with van der Waals surface area (Å²) < 4.78 is 49.2. The second-order valence-electron chi connectivity index (χ2n) is 3.79. The van der Waals surface area contributed by atoms with Gasteiger partial charge in [-0.2, -0.15) is 13.2 Å². The molecule has 2 N–H and O–H groups in total. The maximum atomic E-state index is 13.4. The predicted molar refractivity (Wildman–Crippen MR) is 53.4 cm³/mol. The van der Waals surface area contributed by atoms with Gasteiger partial charge in [-0.15, -0.1) is 0 Å². The summed E-state index contributed by atoms with van der Waals surface area (Å²) in [5.41, 5.74) is 6.36. The van der Waals surface area contributed by atoms with E-state index in [2.05, 4.69) is 0 Å². The number of halogens is 4. The maximum absolute atomic E-state index is 13.4. The van der Waals surface area contributed by atoms with Gasteiger partial charge in [0, 0.05) is 18.0 Å². The Bertz CT molecular complexity index is 359. The normalized spacial score (nSPS) is 13.9. The lowest BCUT2D eigenvalue weighted by Gasteiger charge is -2.14. The Kier molecular flexibility index (Phi) is 3.91. The molecule has 0 amide bonds. The van der Waals surface area contributed by atoms with Crippen LogP contribution in [0, 0.1) is 12.7 Å². The van der Waals surface area contributed by atoms with Gasteiger partial charge in [0.25, 0.3) is 0 Å². The van der Waals surface area contributed by atoms with Crippen LogP contribution in [0.5, 0.6) is 0 Å². The molecule has 1 aromatic rings. The molecule has 0 aliphatic heterocycles. The molecule has 1 nitrogen and oxygen atoms in total. The number of hydrogen-bond acceptors (Lipinski definition) is 1. The van der Waals surface area contributed by atoms with Gasteiger partial charge in [-0.05, 0) is 25.0 Å². The molecule has 1 atom stereocenters. The highest BCUT2D eigenvalue weighted by atomic mass is 19.4. The second-order valence-corrected chi connectivity index (χ2v) is 3.79. The van der Waals surface area contributed by atoms with Crippen molar-refractivity contribution in [3.63, 3.8) is 0 Å². The Morgan fingerprint density at radius 1 is 1.31 bits per heavy atom. The van der Waals surface area contributed by atoms with Crippen molar-refractivity contribution < 1.29 is 17.6 Å². The lowest BCUT2D eigenvalue weighted by Crippen LogP contribution is -2.16. The average Bonchev–Trinajstić information content (AvgIpc) is 2.13. The van der Waals surface area contributed by atoms with E-state index in [0.29, 0.717) is 5.56 Å². The largest absolute Gasteiger partial charge is 0.389 e. The molecular formula is C11H13F4N. The highest BCUT2D eigenvalue weighted by molar-refractivity contribution is 5.25. The molecule has 5 heteroatoms. The first-order chi connectivity index (χ1) is 7.29. The molecule has 0 bridgehead atoms. The van der Waals surface area contributed by atoms with Crippen molar-refractivity contribution in [1.29, 1.82) is 0 Å². The van der Waals surface area contributed by atoms with Crippen LogP contribution in [-0.4, -0.2) is 6.18 Å². The van der Waals surface area contributed by atoms with Crippen molar-refractivity contribution in [2.75, 3.05) is 0 Å². The highest BCUT2D eigenvalue weighted by Gasteiger charge is 2.28. The third-order valence-electron chi connectivity index (χ3n) is 2.29. The summed E-state index contributed by atoms with van der Waals surface area (Å²) in [4.78, 5) is 0.